The van der Waals surface area contributed by atoms with E-state index in [1.54, 1.807) is 0 Å². The Balaban J connectivity index is 1.93. The van der Waals surface area contributed by atoms with Gasteiger partial charge < -0.3 is 10.1 Å². The molecular weight excluding hydrogens is 238 g/mol. The Kier molecular flexibility index (Phi) is 3.30. The van der Waals surface area contributed by atoms with Crippen molar-refractivity contribution in [2.24, 2.45) is 0 Å². The summed E-state index contributed by atoms with van der Waals surface area (Å²) in [4.78, 5) is 4.57. The lowest BCUT2D eigenvalue weighted by Gasteiger charge is -2.23. The summed E-state index contributed by atoms with van der Waals surface area (Å²) in [5, 5.41) is 13.6. The number of fused-ring (bicyclic) bond motifs is 1. The van der Waals surface area contributed by atoms with E-state index in [2.05, 4.69) is 16.4 Å². The van der Waals surface area contributed by atoms with E-state index < -0.39 is 0 Å². The molecule has 1 aliphatic rings. The first-order valence-corrected chi connectivity index (χ1v) is 6.51. The predicted molar refractivity (Wildman–Crippen MR) is 73.9 cm³/mol. The fourth-order valence-electron chi connectivity index (χ4n) is 2.39. The molecule has 4 heteroatoms. The fraction of sp³-hybridized carbons (Fsp3) is 0.333. The molecule has 0 amide bonds. The van der Waals surface area contributed by atoms with Crippen LogP contribution in [-0.2, 0) is 4.74 Å². The van der Waals surface area contributed by atoms with Gasteiger partial charge in [0.25, 0.3) is 0 Å². The molecule has 0 radical (unpaired) electrons. The molecule has 1 aromatic carbocycles. The Bertz CT molecular complexity index is 627. The summed E-state index contributed by atoms with van der Waals surface area (Å²) < 4.78 is 5.34. The van der Waals surface area contributed by atoms with Crippen LogP contribution in [0.1, 0.15) is 18.4 Å². The molecule has 0 bridgehead atoms. The van der Waals surface area contributed by atoms with Crippen molar-refractivity contribution >= 4 is 16.7 Å². The molecule has 1 aromatic heterocycles. The van der Waals surface area contributed by atoms with Crippen molar-refractivity contribution in [1.82, 2.24) is 4.98 Å². The Morgan fingerprint density at radius 1 is 1.26 bits per heavy atom. The quantitative estimate of drug-likeness (QED) is 0.894. The summed E-state index contributed by atoms with van der Waals surface area (Å²) in [5.41, 5.74) is 1.52. The van der Waals surface area contributed by atoms with E-state index in [4.69, 9.17) is 4.74 Å². The van der Waals surface area contributed by atoms with Crippen LogP contribution in [0.25, 0.3) is 10.9 Å². The van der Waals surface area contributed by atoms with Crippen LogP contribution in [0, 0.1) is 11.3 Å². The number of hydrogen-bond donors (Lipinski definition) is 1. The van der Waals surface area contributed by atoms with E-state index >= 15 is 0 Å². The minimum absolute atomic E-state index is 0.383. The zero-order valence-corrected chi connectivity index (χ0v) is 10.6. The van der Waals surface area contributed by atoms with Gasteiger partial charge in [0.2, 0.25) is 0 Å². The van der Waals surface area contributed by atoms with Crippen LogP contribution in [0.2, 0.25) is 0 Å². The third kappa shape index (κ3) is 2.51. The van der Waals surface area contributed by atoms with Gasteiger partial charge in [-0.3, -0.25) is 0 Å². The predicted octanol–water partition coefficient (Wildman–Crippen LogP) is 2.70. The average Bonchev–Trinajstić information content (AvgIpc) is 2.47. The number of aromatic nitrogens is 1. The number of anilines is 1. The Morgan fingerprint density at radius 3 is 2.84 bits per heavy atom. The highest BCUT2D eigenvalue weighted by atomic mass is 16.5. The first kappa shape index (κ1) is 11.9. The molecular formula is C15H15N3O. The summed E-state index contributed by atoms with van der Waals surface area (Å²) in [6.45, 7) is 1.58. The lowest BCUT2D eigenvalue weighted by molar-refractivity contribution is 0.0904. The van der Waals surface area contributed by atoms with E-state index in [1.807, 2.05) is 30.3 Å². The fourth-order valence-corrected chi connectivity index (χ4v) is 2.39. The van der Waals surface area contributed by atoms with Crippen LogP contribution < -0.4 is 5.32 Å². The SMILES string of the molecule is N#Cc1cc(NC2CCOCC2)nc2ccccc12. The Labute approximate surface area is 112 Å². The maximum Gasteiger partial charge on any atom is 0.128 e. The number of rotatable bonds is 2. The molecule has 0 aliphatic carbocycles. The maximum absolute atomic E-state index is 9.24. The number of benzene rings is 1. The number of ether oxygens (including phenoxy) is 1. The maximum atomic E-state index is 9.24. The first-order chi connectivity index (χ1) is 9.36. The van der Waals surface area contributed by atoms with E-state index in [0.717, 1.165) is 42.8 Å². The van der Waals surface area contributed by atoms with Crippen molar-refractivity contribution in [2.75, 3.05) is 18.5 Å². The zero-order chi connectivity index (χ0) is 13.1. The zero-order valence-electron chi connectivity index (χ0n) is 10.6. The summed E-state index contributed by atoms with van der Waals surface area (Å²) in [6, 6.07) is 12.2. The minimum atomic E-state index is 0.383. The molecule has 0 saturated carbocycles. The van der Waals surface area contributed by atoms with Gasteiger partial charge in [0.05, 0.1) is 17.1 Å². The van der Waals surface area contributed by atoms with E-state index in [-0.39, 0.29) is 0 Å². The van der Waals surface area contributed by atoms with Gasteiger partial charge in [-0.15, -0.1) is 0 Å². The monoisotopic (exact) mass is 253 g/mol. The van der Waals surface area contributed by atoms with Crippen LogP contribution >= 0.6 is 0 Å². The smallest absolute Gasteiger partial charge is 0.128 e. The second kappa shape index (κ2) is 5.25. The summed E-state index contributed by atoms with van der Waals surface area (Å²) in [7, 11) is 0. The number of pyridine rings is 1. The molecule has 0 atom stereocenters. The van der Waals surface area contributed by atoms with Gasteiger partial charge in [-0.2, -0.15) is 5.26 Å². The number of nitrogens with one attached hydrogen (secondary N) is 1. The van der Waals surface area contributed by atoms with Crippen LogP contribution in [-0.4, -0.2) is 24.2 Å². The van der Waals surface area contributed by atoms with Crippen molar-refractivity contribution < 1.29 is 4.74 Å². The number of nitrogens with zero attached hydrogens (tertiary/aromatic N) is 2. The number of nitriles is 1. The number of para-hydroxylation sites is 1. The van der Waals surface area contributed by atoms with Crippen LogP contribution in [0.15, 0.2) is 30.3 Å². The molecule has 2 heterocycles. The van der Waals surface area contributed by atoms with E-state index in [0.29, 0.717) is 11.6 Å². The van der Waals surface area contributed by atoms with Crippen molar-refractivity contribution in [1.29, 1.82) is 5.26 Å². The van der Waals surface area contributed by atoms with E-state index in [9.17, 15) is 5.26 Å². The average molecular weight is 253 g/mol. The second-order valence-corrected chi connectivity index (χ2v) is 4.71. The summed E-state index contributed by atoms with van der Waals surface area (Å²) >= 11 is 0. The van der Waals surface area contributed by atoms with E-state index in [1.165, 1.54) is 0 Å². The highest BCUT2D eigenvalue weighted by Crippen LogP contribution is 2.21. The molecule has 1 N–H and O–H groups in total. The van der Waals surface area contributed by atoms with Gasteiger partial charge in [0.1, 0.15) is 5.82 Å². The van der Waals surface area contributed by atoms with Crippen LogP contribution in [0.5, 0.6) is 0 Å². The third-order valence-electron chi connectivity index (χ3n) is 3.41. The second-order valence-electron chi connectivity index (χ2n) is 4.71. The molecule has 0 unspecified atom stereocenters. The van der Waals surface area contributed by atoms with Gasteiger partial charge in [-0.1, -0.05) is 18.2 Å². The first-order valence-electron chi connectivity index (χ1n) is 6.51. The van der Waals surface area contributed by atoms with Crippen molar-refractivity contribution in [3.63, 3.8) is 0 Å². The van der Waals surface area contributed by atoms with Crippen LogP contribution in [0.3, 0.4) is 0 Å². The lowest BCUT2D eigenvalue weighted by atomic mass is 10.1. The Hall–Kier alpha value is -2.12. The van der Waals surface area contributed by atoms with Gasteiger partial charge in [-0.05, 0) is 25.0 Å². The highest BCUT2D eigenvalue weighted by molar-refractivity contribution is 5.86. The standard InChI is InChI=1S/C15H15N3O/c16-10-11-9-15(17-12-5-7-19-8-6-12)18-14-4-2-1-3-13(11)14/h1-4,9,12H,5-8H2,(H,17,18). The highest BCUT2D eigenvalue weighted by Gasteiger charge is 2.14. The molecule has 19 heavy (non-hydrogen) atoms. The molecule has 4 nitrogen and oxygen atoms in total. The molecule has 1 fully saturated rings. The molecule has 96 valence electrons. The van der Waals surface area contributed by atoms with Gasteiger partial charge in [0, 0.05) is 24.6 Å². The molecule has 0 spiro atoms. The normalized spacial score (nSPS) is 16.2. The Morgan fingerprint density at radius 2 is 2.05 bits per heavy atom. The van der Waals surface area contributed by atoms with Gasteiger partial charge in [0.15, 0.2) is 0 Å². The van der Waals surface area contributed by atoms with Gasteiger partial charge in [-0.25, -0.2) is 4.98 Å². The lowest BCUT2D eigenvalue weighted by Crippen LogP contribution is -2.28. The molecule has 3 rings (SSSR count). The minimum Gasteiger partial charge on any atom is -0.381 e. The third-order valence-corrected chi connectivity index (χ3v) is 3.41. The van der Waals surface area contributed by atoms with Crippen molar-refractivity contribution in [3.05, 3.63) is 35.9 Å². The summed E-state index contributed by atoms with van der Waals surface area (Å²) in [5.74, 6) is 0.780. The van der Waals surface area contributed by atoms with Crippen molar-refractivity contribution in [2.45, 2.75) is 18.9 Å². The van der Waals surface area contributed by atoms with Crippen LogP contribution in [0.4, 0.5) is 5.82 Å². The molecule has 1 saturated heterocycles. The van der Waals surface area contributed by atoms with Gasteiger partial charge >= 0.3 is 0 Å². The molecule has 2 aromatic rings. The topological polar surface area (TPSA) is 57.9 Å². The van der Waals surface area contributed by atoms with Crippen molar-refractivity contribution in [3.8, 4) is 6.07 Å². The largest absolute Gasteiger partial charge is 0.381 e. The molecule has 1 aliphatic heterocycles. The number of hydrogen-bond acceptors (Lipinski definition) is 4. The summed E-state index contributed by atoms with van der Waals surface area (Å²) in [6.07, 6.45) is 1.97.